The van der Waals surface area contributed by atoms with Crippen molar-refractivity contribution >= 4 is 32.9 Å². The Bertz CT molecular complexity index is 673. The third-order valence-electron chi connectivity index (χ3n) is 3.48. The highest BCUT2D eigenvalue weighted by Gasteiger charge is 2.12. The molecule has 3 nitrogen and oxygen atoms in total. The molecule has 2 aromatic rings. The van der Waals surface area contributed by atoms with Gasteiger partial charge in [0.25, 0.3) is 0 Å². The smallest absolute Gasteiger partial charge is 0.159 e. The third kappa shape index (κ3) is 5.06. The van der Waals surface area contributed by atoms with Crippen LogP contribution in [0.5, 0.6) is 0 Å². The molecule has 0 aromatic heterocycles. The molecule has 0 atom stereocenters. The van der Waals surface area contributed by atoms with Crippen LogP contribution in [0.15, 0.2) is 58.0 Å². The van der Waals surface area contributed by atoms with Gasteiger partial charge in [-0.2, -0.15) is 0 Å². The largest absolute Gasteiger partial charge is 0.352 e. The van der Waals surface area contributed by atoms with E-state index in [1.165, 1.54) is 17.7 Å². The summed E-state index contributed by atoms with van der Waals surface area (Å²) in [4.78, 5) is 6.75. The molecule has 6 heteroatoms. The summed E-state index contributed by atoms with van der Waals surface area (Å²) in [7, 11) is 0. The number of aliphatic imine (C=N–C) groups is 1. The van der Waals surface area contributed by atoms with E-state index in [0.717, 1.165) is 34.2 Å². The van der Waals surface area contributed by atoms with E-state index in [4.69, 9.17) is 0 Å². The summed E-state index contributed by atoms with van der Waals surface area (Å²) < 4.78 is 14.0. The zero-order chi connectivity index (χ0) is 16.1. The van der Waals surface area contributed by atoms with Crippen molar-refractivity contribution in [3.63, 3.8) is 0 Å². The summed E-state index contributed by atoms with van der Waals surface area (Å²) >= 11 is 5.16. The monoisotopic (exact) mass is 393 g/mol. The van der Waals surface area contributed by atoms with Crippen LogP contribution >= 0.6 is 27.7 Å². The second-order valence-electron chi connectivity index (χ2n) is 5.31. The fourth-order valence-electron chi connectivity index (χ4n) is 2.23. The van der Waals surface area contributed by atoms with Crippen LogP contribution in [0.2, 0.25) is 0 Å². The predicted molar refractivity (Wildman–Crippen MR) is 97.7 cm³/mol. The SMILES string of the molecule is Fc1ccc(CN2CN=C(SCc3ccc(Br)cc3)NC2)cc1. The van der Waals surface area contributed by atoms with Gasteiger partial charge in [-0.05, 0) is 35.4 Å². The fourth-order valence-corrected chi connectivity index (χ4v) is 3.31. The molecule has 0 radical (unpaired) electrons. The van der Waals surface area contributed by atoms with Gasteiger partial charge in [0.05, 0.1) is 13.3 Å². The summed E-state index contributed by atoms with van der Waals surface area (Å²) in [6, 6.07) is 15.0. The standard InChI is InChI=1S/C17H17BrFN3S/c18-15-5-1-14(2-6-15)10-23-17-20-11-22(12-21-17)9-13-3-7-16(19)8-4-13/h1-8H,9-12H2,(H,20,21). The van der Waals surface area contributed by atoms with Gasteiger partial charge in [-0.15, -0.1) is 0 Å². The van der Waals surface area contributed by atoms with Gasteiger partial charge in [0.1, 0.15) is 5.82 Å². The Morgan fingerprint density at radius 1 is 1.09 bits per heavy atom. The van der Waals surface area contributed by atoms with E-state index in [1.54, 1.807) is 11.8 Å². The highest BCUT2D eigenvalue weighted by molar-refractivity contribution is 9.10. The Labute approximate surface area is 148 Å². The maximum Gasteiger partial charge on any atom is 0.159 e. The summed E-state index contributed by atoms with van der Waals surface area (Å²) in [6.07, 6.45) is 0. The maximum absolute atomic E-state index is 12.9. The Morgan fingerprint density at radius 3 is 2.43 bits per heavy atom. The molecule has 0 saturated heterocycles. The van der Waals surface area contributed by atoms with Crippen LogP contribution in [0, 0.1) is 5.82 Å². The minimum Gasteiger partial charge on any atom is -0.352 e. The summed E-state index contributed by atoms with van der Waals surface area (Å²) in [6.45, 7) is 2.18. The van der Waals surface area contributed by atoms with Crippen molar-refractivity contribution in [3.05, 3.63) is 69.9 Å². The van der Waals surface area contributed by atoms with Gasteiger partial charge >= 0.3 is 0 Å². The van der Waals surface area contributed by atoms with Crippen LogP contribution in [0.1, 0.15) is 11.1 Å². The minimum atomic E-state index is -0.199. The van der Waals surface area contributed by atoms with Gasteiger partial charge < -0.3 is 5.32 Å². The number of hydrogen-bond donors (Lipinski definition) is 1. The molecule has 0 aliphatic carbocycles. The first kappa shape index (κ1) is 16.5. The lowest BCUT2D eigenvalue weighted by Gasteiger charge is -2.26. The Balaban J connectivity index is 1.48. The highest BCUT2D eigenvalue weighted by Crippen LogP contribution is 2.17. The lowest BCUT2D eigenvalue weighted by molar-refractivity contribution is 0.258. The zero-order valence-corrected chi connectivity index (χ0v) is 14.9. The second-order valence-corrected chi connectivity index (χ2v) is 7.19. The first-order chi connectivity index (χ1) is 11.2. The molecule has 23 heavy (non-hydrogen) atoms. The zero-order valence-electron chi connectivity index (χ0n) is 12.5. The first-order valence-corrected chi connectivity index (χ1v) is 9.09. The summed E-state index contributed by atoms with van der Waals surface area (Å²) in [5.74, 6) is 0.701. The molecule has 0 spiro atoms. The molecule has 2 aromatic carbocycles. The number of nitrogens with zero attached hydrogens (tertiary/aromatic N) is 2. The highest BCUT2D eigenvalue weighted by atomic mass is 79.9. The predicted octanol–water partition coefficient (Wildman–Crippen LogP) is 4.20. The van der Waals surface area contributed by atoms with Gasteiger partial charge in [0, 0.05) is 16.8 Å². The van der Waals surface area contributed by atoms with Crippen molar-refractivity contribution in [2.24, 2.45) is 4.99 Å². The molecule has 120 valence electrons. The van der Waals surface area contributed by atoms with Crippen LogP contribution in [-0.4, -0.2) is 23.4 Å². The van der Waals surface area contributed by atoms with E-state index < -0.39 is 0 Å². The number of hydrogen-bond acceptors (Lipinski definition) is 4. The molecule has 3 rings (SSSR count). The number of amidine groups is 1. The molecule has 0 bridgehead atoms. The number of benzene rings is 2. The first-order valence-electron chi connectivity index (χ1n) is 7.31. The van der Waals surface area contributed by atoms with Gasteiger partial charge in [-0.25, -0.2) is 9.38 Å². The summed E-state index contributed by atoms with van der Waals surface area (Å²) in [5.41, 5.74) is 2.37. The second kappa shape index (κ2) is 7.95. The van der Waals surface area contributed by atoms with Crippen LogP contribution in [0.4, 0.5) is 4.39 Å². The number of halogens is 2. The quantitative estimate of drug-likeness (QED) is 0.843. The van der Waals surface area contributed by atoms with Crippen molar-refractivity contribution in [2.75, 3.05) is 13.3 Å². The van der Waals surface area contributed by atoms with E-state index >= 15 is 0 Å². The topological polar surface area (TPSA) is 27.6 Å². The Morgan fingerprint density at radius 2 is 1.78 bits per heavy atom. The molecule has 1 aliphatic rings. The lowest BCUT2D eigenvalue weighted by Crippen LogP contribution is -2.41. The normalized spacial score (nSPS) is 15.1. The molecule has 0 saturated carbocycles. The number of nitrogens with one attached hydrogen (secondary N) is 1. The van der Waals surface area contributed by atoms with E-state index in [9.17, 15) is 4.39 Å². The van der Waals surface area contributed by atoms with Gasteiger partial charge in [-0.1, -0.05) is 52.0 Å². The fraction of sp³-hybridized carbons (Fsp3) is 0.235. The van der Waals surface area contributed by atoms with Crippen molar-refractivity contribution in [3.8, 4) is 0 Å². The van der Waals surface area contributed by atoms with E-state index in [-0.39, 0.29) is 5.82 Å². The molecular weight excluding hydrogens is 377 g/mol. The van der Waals surface area contributed by atoms with Gasteiger partial charge in [0.2, 0.25) is 0 Å². The average molecular weight is 394 g/mol. The van der Waals surface area contributed by atoms with Crippen LogP contribution in [-0.2, 0) is 12.3 Å². The molecule has 1 heterocycles. The van der Waals surface area contributed by atoms with Crippen LogP contribution < -0.4 is 5.32 Å². The maximum atomic E-state index is 12.9. The Hall–Kier alpha value is -1.37. The molecule has 1 aliphatic heterocycles. The van der Waals surface area contributed by atoms with Crippen molar-refractivity contribution in [1.82, 2.24) is 10.2 Å². The van der Waals surface area contributed by atoms with E-state index in [1.807, 2.05) is 12.1 Å². The number of thioether (sulfide) groups is 1. The van der Waals surface area contributed by atoms with Crippen molar-refractivity contribution in [2.45, 2.75) is 12.3 Å². The molecule has 0 unspecified atom stereocenters. The Kier molecular flexibility index (Phi) is 5.70. The van der Waals surface area contributed by atoms with E-state index in [0.29, 0.717) is 6.67 Å². The molecule has 1 N–H and O–H groups in total. The van der Waals surface area contributed by atoms with Crippen LogP contribution in [0.3, 0.4) is 0 Å². The van der Waals surface area contributed by atoms with Crippen molar-refractivity contribution in [1.29, 1.82) is 0 Å². The van der Waals surface area contributed by atoms with E-state index in [2.05, 4.69) is 55.4 Å². The third-order valence-corrected chi connectivity index (χ3v) is 5.03. The molecular formula is C17H17BrFN3S. The molecule has 0 fully saturated rings. The molecule has 0 amide bonds. The van der Waals surface area contributed by atoms with Crippen LogP contribution in [0.25, 0.3) is 0 Å². The van der Waals surface area contributed by atoms with Gasteiger partial charge in [0.15, 0.2) is 5.17 Å². The summed E-state index contributed by atoms with van der Waals surface area (Å²) in [5, 5.41) is 4.31. The van der Waals surface area contributed by atoms with Gasteiger partial charge in [-0.3, -0.25) is 4.90 Å². The number of rotatable bonds is 4. The minimum absolute atomic E-state index is 0.199. The lowest BCUT2D eigenvalue weighted by atomic mass is 10.2. The average Bonchev–Trinajstić information content (AvgIpc) is 2.58. The van der Waals surface area contributed by atoms with Crippen molar-refractivity contribution < 1.29 is 4.39 Å².